The lowest BCUT2D eigenvalue weighted by Gasteiger charge is -2.31. The average Bonchev–Trinajstić information content (AvgIpc) is 2.65. The molecule has 1 aliphatic carbocycles. The number of aliphatic hydroxyl groups is 1. The SMILES string of the molecule is Cc1nn(C)cc1CNC1CCCCC1CO. The van der Waals surface area contributed by atoms with Gasteiger partial charge in [0, 0.05) is 38.0 Å². The average molecular weight is 237 g/mol. The molecule has 17 heavy (non-hydrogen) atoms. The maximum atomic E-state index is 9.36. The minimum absolute atomic E-state index is 0.309. The fourth-order valence-corrected chi connectivity index (χ4v) is 2.76. The van der Waals surface area contributed by atoms with Crippen molar-refractivity contribution in [2.45, 2.75) is 45.2 Å². The Morgan fingerprint density at radius 1 is 1.47 bits per heavy atom. The Kier molecular flexibility index (Phi) is 4.18. The zero-order valence-corrected chi connectivity index (χ0v) is 10.8. The van der Waals surface area contributed by atoms with Crippen LogP contribution in [0.5, 0.6) is 0 Å². The van der Waals surface area contributed by atoms with Gasteiger partial charge in [-0.05, 0) is 25.7 Å². The number of aryl methyl sites for hydroxylation is 2. The van der Waals surface area contributed by atoms with Crippen molar-refractivity contribution in [1.82, 2.24) is 15.1 Å². The summed E-state index contributed by atoms with van der Waals surface area (Å²) in [6, 6.07) is 0.466. The van der Waals surface area contributed by atoms with Crippen LogP contribution in [0.3, 0.4) is 0 Å². The zero-order valence-electron chi connectivity index (χ0n) is 10.8. The van der Waals surface area contributed by atoms with Crippen molar-refractivity contribution < 1.29 is 5.11 Å². The first-order valence-corrected chi connectivity index (χ1v) is 6.54. The maximum absolute atomic E-state index is 9.36. The van der Waals surface area contributed by atoms with Gasteiger partial charge in [0.05, 0.1) is 5.69 Å². The summed E-state index contributed by atoms with van der Waals surface area (Å²) in [4.78, 5) is 0. The first-order valence-electron chi connectivity index (χ1n) is 6.54. The highest BCUT2D eigenvalue weighted by Gasteiger charge is 2.23. The van der Waals surface area contributed by atoms with Crippen molar-refractivity contribution in [2.24, 2.45) is 13.0 Å². The van der Waals surface area contributed by atoms with E-state index in [-0.39, 0.29) is 0 Å². The Bertz CT molecular complexity index is 362. The topological polar surface area (TPSA) is 50.1 Å². The molecule has 96 valence electrons. The van der Waals surface area contributed by atoms with E-state index < -0.39 is 0 Å². The number of aliphatic hydroxyl groups excluding tert-OH is 1. The standard InChI is InChI=1S/C13H23N3O/c1-10-12(8-16(2)15-10)7-14-13-6-4-3-5-11(13)9-17/h8,11,13-14,17H,3-7,9H2,1-2H3. The smallest absolute Gasteiger partial charge is 0.0638 e. The maximum Gasteiger partial charge on any atom is 0.0638 e. The van der Waals surface area contributed by atoms with Crippen LogP contribution in [-0.2, 0) is 13.6 Å². The second-order valence-electron chi connectivity index (χ2n) is 5.13. The summed E-state index contributed by atoms with van der Waals surface area (Å²) in [5, 5.41) is 17.3. The highest BCUT2D eigenvalue weighted by Crippen LogP contribution is 2.24. The van der Waals surface area contributed by atoms with Gasteiger partial charge in [-0.3, -0.25) is 4.68 Å². The van der Waals surface area contributed by atoms with Gasteiger partial charge >= 0.3 is 0 Å². The molecular weight excluding hydrogens is 214 g/mol. The molecule has 2 unspecified atom stereocenters. The van der Waals surface area contributed by atoms with Gasteiger partial charge in [-0.2, -0.15) is 5.10 Å². The molecule has 0 bridgehead atoms. The van der Waals surface area contributed by atoms with Crippen LogP contribution in [0.4, 0.5) is 0 Å². The van der Waals surface area contributed by atoms with Crippen LogP contribution in [0.2, 0.25) is 0 Å². The summed E-state index contributed by atoms with van der Waals surface area (Å²) in [6.07, 6.45) is 6.94. The summed E-state index contributed by atoms with van der Waals surface area (Å²) < 4.78 is 1.86. The number of hydrogen-bond acceptors (Lipinski definition) is 3. The third kappa shape index (κ3) is 3.07. The second-order valence-corrected chi connectivity index (χ2v) is 5.13. The molecule has 1 aromatic rings. The van der Waals surface area contributed by atoms with Crippen LogP contribution in [-0.4, -0.2) is 27.5 Å². The summed E-state index contributed by atoms with van der Waals surface area (Å²) in [5.41, 5.74) is 2.35. The lowest BCUT2D eigenvalue weighted by molar-refractivity contribution is 0.152. The molecular formula is C13H23N3O. The number of nitrogens with zero attached hydrogens (tertiary/aromatic N) is 2. The van der Waals surface area contributed by atoms with Gasteiger partial charge in [-0.25, -0.2) is 0 Å². The minimum atomic E-state index is 0.309. The molecule has 0 aliphatic heterocycles. The largest absolute Gasteiger partial charge is 0.396 e. The van der Waals surface area contributed by atoms with E-state index in [0.29, 0.717) is 18.6 Å². The summed E-state index contributed by atoms with van der Waals surface area (Å²) in [6.45, 7) is 3.21. The van der Waals surface area contributed by atoms with Crippen molar-refractivity contribution in [3.8, 4) is 0 Å². The summed E-state index contributed by atoms with van der Waals surface area (Å²) in [7, 11) is 1.95. The quantitative estimate of drug-likeness (QED) is 0.831. The zero-order chi connectivity index (χ0) is 12.3. The molecule has 1 aromatic heterocycles. The molecule has 2 atom stereocenters. The van der Waals surface area contributed by atoms with Crippen molar-refractivity contribution in [3.05, 3.63) is 17.5 Å². The highest BCUT2D eigenvalue weighted by molar-refractivity contribution is 5.15. The van der Waals surface area contributed by atoms with Gasteiger partial charge in [-0.15, -0.1) is 0 Å². The van der Waals surface area contributed by atoms with Crippen molar-refractivity contribution in [2.75, 3.05) is 6.61 Å². The normalized spacial score (nSPS) is 25.1. The molecule has 4 nitrogen and oxygen atoms in total. The molecule has 4 heteroatoms. The fraction of sp³-hybridized carbons (Fsp3) is 0.769. The lowest BCUT2D eigenvalue weighted by Crippen LogP contribution is -2.39. The first kappa shape index (κ1) is 12.6. The van der Waals surface area contributed by atoms with Gasteiger partial charge in [0.2, 0.25) is 0 Å². The molecule has 0 saturated heterocycles. The van der Waals surface area contributed by atoms with Crippen LogP contribution in [0, 0.1) is 12.8 Å². The van der Waals surface area contributed by atoms with Crippen LogP contribution in [0.15, 0.2) is 6.20 Å². The van der Waals surface area contributed by atoms with Gasteiger partial charge in [0.15, 0.2) is 0 Å². The van der Waals surface area contributed by atoms with Gasteiger partial charge in [-0.1, -0.05) is 12.8 Å². The molecule has 1 fully saturated rings. The molecule has 1 heterocycles. The highest BCUT2D eigenvalue weighted by atomic mass is 16.3. The third-order valence-electron chi connectivity index (χ3n) is 3.81. The van der Waals surface area contributed by atoms with E-state index in [1.165, 1.54) is 24.8 Å². The van der Waals surface area contributed by atoms with Gasteiger partial charge in [0.25, 0.3) is 0 Å². The Hall–Kier alpha value is -0.870. The lowest BCUT2D eigenvalue weighted by atomic mass is 9.85. The van der Waals surface area contributed by atoms with Crippen molar-refractivity contribution in [3.63, 3.8) is 0 Å². The van der Waals surface area contributed by atoms with E-state index in [1.54, 1.807) is 0 Å². The van der Waals surface area contributed by atoms with Crippen LogP contribution in [0.1, 0.15) is 36.9 Å². The van der Waals surface area contributed by atoms with E-state index in [1.807, 2.05) is 18.7 Å². The molecule has 0 amide bonds. The predicted octanol–water partition coefficient (Wildman–Crippen LogP) is 1.37. The number of aromatic nitrogens is 2. The van der Waals surface area contributed by atoms with Crippen LogP contribution in [0.25, 0.3) is 0 Å². The third-order valence-corrected chi connectivity index (χ3v) is 3.81. The molecule has 2 rings (SSSR count). The Balaban J connectivity index is 1.90. The molecule has 1 aliphatic rings. The van der Waals surface area contributed by atoms with E-state index in [4.69, 9.17) is 0 Å². The van der Waals surface area contributed by atoms with Crippen molar-refractivity contribution in [1.29, 1.82) is 0 Å². The van der Waals surface area contributed by atoms with E-state index >= 15 is 0 Å². The number of hydrogen-bond donors (Lipinski definition) is 2. The van der Waals surface area contributed by atoms with Crippen LogP contribution >= 0.6 is 0 Å². The van der Waals surface area contributed by atoms with Crippen LogP contribution < -0.4 is 5.32 Å². The number of rotatable bonds is 4. The van der Waals surface area contributed by atoms with Gasteiger partial charge in [0.1, 0.15) is 0 Å². The monoisotopic (exact) mass is 237 g/mol. The molecule has 0 aromatic carbocycles. The molecule has 0 spiro atoms. The van der Waals surface area contributed by atoms with E-state index in [2.05, 4.69) is 16.6 Å². The second kappa shape index (κ2) is 5.65. The van der Waals surface area contributed by atoms with Crippen molar-refractivity contribution >= 4 is 0 Å². The fourth-order valence-electron chi connectivity index (χ4n) is 2.76. The minimum Gasteiger partial charge on any atom is -0.396 e. The Morgan fingerprint density at radius 3 is 2.88 bits per heavy atom. The molecule has 2 N–H and O–H groups in total. The first-order chi connectivity index (χ1) is 8.20. The summed E-state index contributed by atoms with van der Waals surface area (Å²) >= 11 is 0. The Labute approximate surface area is 103 Å². The van der Waals surface area contributed by atoms with Gasteiger partial charge < -0.3 is 10.4 Å². The summed E-state index contributed by atoms with van der Waals surface area (Å²) in [5.74, 6) is 0.431. The number of nitrogens with one attached hydrogen (secondary N) is 1. The predicted molar refractivity (Wildman–Crippen MR) is 67.6 cm³/mol. The van der Waals surface area contributed by atoms with E-state index in [0.717, 1.165) is 18.7 Å². The Morgan fingerprint density at radius 2 is 2.24 bits per heavy atom. The van der Waals surface area contributed by atoms with E-state index in [9.17, 15) is 5.11 Å². The molecule has 0 radical (unpaired) electrons. The molecule has 1 saturated carbocycles.